The van der Waals surface area contributed by atoms with Crippen LogP contribution >= 0.6 is 0 Å². The van der Waals surface area contributed by atoms with Crippen LogP contribution < -0.4 is 0 Å². The first-order valence-electron chi connectivity index (χ1n) is 8.75. The zero-order valence-electron chi connectivity index (χ0n) is 15.9. The van der Waals surface area contributed by atoms with E-state index in [0.29, 0.717) is 6.92 Å². The molecule has 1 fully saturated rings. The molecule has 4 unspecified atom stereocenters. The molecule has 1 saturated carbocycles. The van der Waals surface area contributed by atoms with Crippen molar-refractivity contribution in [3.05, 3.63) is 0 Å². The SMILES string of the molecule is CCC(C)(C)C(=O)OC1CC(C(C)(O)F)CC(C(O)(C(F)(F)F)C(F)(F)F)C1. The van der Waals surface area contributed by atoms with Gasteiger partial charge in [0.25, 0.3) is 5.60 Å². The first kappa shape index (κ1) is 24.9. The van der Waals surface area contributed by atoms with Crippen molar-refractivity contribution < 1.29 is 50.5 Å². The number of carbonyl (C=O) groups is 1. The van der Waals surface area contributed by atoms with Crippen molar-refractivity contribution in [2.75, 3.05) is 0 Å². The lowest BCUT2D eigenvalue weighted by Gasteiger charge is -2.46. The molecule has 0 radical (unpaired) electrons. The minimum Gasteiger partial charge on any atom is -0.462 e. The van der Waals surface area contributed by atoms with E-state index in [0.717, 1.165) is 0 Å². The van der Waals surface area contributed by atoms with Gasteiger partial charge in [-0.3, -0.25) is 4.79 Å². The third-order valence-corrected chi connectivity index (χ3v) is 5.57. The molecule has 166 valence electrons. The molecule has 0 aromatic heterocycles. The third-order valence-electron chi connectivity index (χ3n) is 5.57. The summed E-state index contributed by atoms with van der Waals surface area (Å²) in [5.41, 5.74) is -6.19. The van der Waals surface area contributed by atoms with Crippen molar-refractivity contribution in [3.8, 4) is 0 Å². The Balaban J connectivity index is 3.30. The van der Waals surface area contributed by atoms with E-state index in [1.165, 1.54) is 13.8 Å². The van der Waals surface area contributed by atoms with Gasteiger partial charge in [0, 0.05) is 11.8 Å². The number of hydrogen-bond donors (Lipinski definition) is 2. The fourth-order valence-corrected chi connectivity index (χ4v) is 3.21. The predicted octanol–water partition coefficient (Wildman–Crippen LogP) is 4.28. The van der Waals surface area contributed by atoms with Gasteiger partial charge in [0.15, 0.2) is 0 Å². The van der Waals surface area contributed by atoms with E-state index in [1.807, 2.05) is 0 Å². The molecule has 0 spiro atoms. The molecular formula is C17H25F7O4. The second kappa shape index (κ2) is 7.62. The molecule has 0 bridgehead atoms. The van der Waals surface area contributed by atoms with E-state index in [4.69, 9.17) is 4.74 Å². The minimum atomic E-state index is -6.10. The highest BCUT2D eigenvalue weighted by atomic mass is 19.4. The lowest BCUT2D eigenvalue weighted by Crippen LogP contribution is -2.63. The van der Waals surface area contributed by atoms with Crippen molar-refractivity contribution in [1.29, 1.82) is 0 Å². The molecule has 2 N–H and O–H groups in total. The maximum atomic E-state index is 14.0. The molecule has 0 saturated heterocycles. The molecule has 0 amide bonds. The Labute approximate surface area is 158 Å². The number of halogens is 7. The monoisotopic (exact) mass is 426 g/mol. The van der Waals surface area contributed by atoms with Gasteiger partial charge in [0.05, 0.1) is 5.41 Å². The Morgan fingerprint density at radius 3 is 1.68 bits per heavy atom. The molecule has 0 aliphatic heterocycles. The number of rotatable bonds is 5. The first-order valence-corrected chi connectivity index (χ1v) is 8.75. The summed E-state index contributed by atoms with van der Waals surface area (Å²) < 4.78 is 98.3. The Bertz CT molecular complexity index is 549. The average molecular weight is 426 g/mol. The Morgan fingerprint density at radius 2 is 1.32 bits per heavy atom. The van der Waals surface area contributed by atoms with Crippen molar-refractivity contribution >= 4 is 5.97 Å². The van der Waals surface area contributed by atoms with E-state index in [9.17, 15) is 45.7 Å². The lowest BCUT2D eigenvalue weighted by molar-refractivity contribution is -0.390. The summed E-state index contributed by atoms with van der Waals surface area (Å²) in [4.78, 5) is 12.2. The maximum absolute atomic E-state index is 14.0. The number of aliphatic hydroxyl groups is 2. The van der Waals surface area contributed by atoms with Gasteiger partial charge < -0.3 is 14.9 Å². The minimum absolute atomic E-state index is 0.279. The van der Waals surface area contributed by atoms with Gasteiger partial charge in [-0.1, -0.05) is 6.92 Å². The highest BCUT2D eigenvalue weighted by molar-refractivity contribution is 5.76. The van der Waals surface area contributed by atoms with Gasteiger partial charge in [0.1, 0.15) is 6.10 Å². The third kappa shape index (κ3) is 4.90. The molecule has 1 aliphatic carbocycles. The van der Waals surface area contributed by atoms with Crippen LogP contribution in [0.5, 0.6) is 0 Å². The number of alkyl halides is 7. The van der Waals surface area contributed by atoms with Crippen molar-refractivity contribution in [1.82, 2.24) is 0 Å². The summed E-state index contributed by atoms with van der Waals surface area (Å²) in [5.74, 6) is -8.26. The molecule has 1 aliphatic rings. The fourth-order valence-electron chi connectivity index (χ4n) is 3.21. The van der Waals surface area contributed by atoms with Crippen LogP contribution in [0.15, 0.2) is 0 Å². The Kier molecular flexibility index (Phi) is 6.79. The summed E-state index contributed by atoms with van der Waals surface area (Å²) in [5, 5.41) is 19.2. The van der Waals surface area contributed by atoms with Gasteiger partial charge in [-0.25, -0.2) is 4.39 Å². The highest BCUT2D eigenvalue weighted by Crippen LogP contribution is 2.54. The molecule has 4 nitrogen and oxygen atoms in total. The van der Waals surface area contributed by atoms with Crippen molar-refractivity contribution in [3.63, 3.8) is 0 Å². The molecule has 0 heterocycles. The maximum Gasteiger partial charge on any atom is 0.426 e. The normalized spacial score (nSPS) is 27.2. The molecule has 4 atom stereocenters. The number of hydrogen-bond acceptors (Lipinski definition) is 4. The van der Waals surface area contributed by atoms with Crippen LogP contribution in [0.3, 0.4) is 0 Å². The van der Waals surface area contributed by atoms with Crippen LogP contribution in [-0.4, -0.2) is 46.1 Å². The van der Waals surface area contributed by atoms with Crippen molar-refractivity contribution in [2.45, 2.75) is 83.3 Å². The van der Waals surface area contributed by atoms with Gasteiger partial charge in [0.2, 0.25) is 5.85 Å². The van der Waals surface area contributed by atoms with E-state index < -0.39 is 72.4 Å². The summed E-state index contributed by atoms with van der Waals surface area (Å²) in [7, 11) is 0. The molecule has 11 heteroatoms. The smallest absolute Gasteiger partial charge is 0.426 e. The Morgan fingerprint density at radius 1 is 0.893 bits per heavy atom. The highest BCUT2D eigenvalue weighted by Gasteiger charge is 2.74. The summed E-state index contributed by atoms with van der Waals surface area (Å²) in [6, 6.07) is 0. The predicted molar refractivity (Wildman–Crippen MR) is 83.6 cm³/mol. The zero-order chi connectivity index (χ0) is 22.3. The first-order chi connectivity index (χ1) is 12.3. The quantitative estimate of drug-likeness (QED) is 0.509. The van der Waals surface area contributed by atoms with Crippen LogP contribution in [0.4, 0.5) is 30.7 Å². The van der Waals surface area contributed by atoms with E-state index in [1.54, 1.807) is 6.92 Å². The van der Waals surface area contributed by atoms with E-state index in [-0.39, 0.29) is 6.42 Å². The summed E-state index contributed by atoms with van der Waals surface area (Å²) in [6.45, 7) is 5.17. The largest absolute Gasteiger partial charge is 0.462 e. The zero-order valence-corrected chi connectivity index (χ0v) is 15.9. The van der Waals surface area contributed by atoms with Gasteiger partial charge in [-0.2, -0.15) is 26.3 Å². The number of ether oxygens (including phenoxy) is 1. The van der Waals surface area contributed by atoms with Crippen molar-refractivity contribution in [2.24, 2.45) is 17.3 Å². The molecule has 0 aromatic carbocycles. The Hall–Kier alpha value is -1.10. The molecular weight excluding hydrogens is 401 g/mol. The van der Waals surface area contributed by atoms with E-state index in [2.05, 4.69) is 0 Å². The fraction of sp³-hybridized carbons (Fsp3) is 0.941. The topological polar surface area (TPSA) is 66.8 Å². The molecule has 0 aromatic rings. The van der Waals surface area contributed by atoms with E-state index >= 15 is 0 Å². The molecule has 28 heavy (non-hydrogen) atoms. The van der Waals surface area contributed by atoms with Gasteiger partial charge in [-0.05, 0) is 46.5 Å². The second-order valence-corrected chi connectivity index (χ2v) is 8.15. The van der Waals surface area contributed by atoms with Crippen LogP contribution in [-0.2, 0) is 9.53 Å². The number of carbonyl (C=O) groups excluding carboxylic acids is 1. The summed E-state index contributed by atoms with van der Waals surface area (Å²) >= 11 is 0. The van der Waals surface area contributed by atoms with Gasteiger partial charge >= 0.3 is 18.3 Å². The average Bonchev–Trinajstić information content (AvgIpc) is 2.50. The molecule has 1 rings (SSSR count). The summed E-state index contributed by atoms with van der Waals surface area (Å²) in [6.07, 6.45) is -16.0. The number of esters is 1. The van der Waals surface area contributed by atoms with Crippen LogP contribution in [0.25, 0.3) is 0 Å². The van der Waals surface area contributed by atoms with Crippen LogP contribution in [0.2, 0.25) is 0 Å². The standard InChI is InChI=1S/C17H25F7O4/c1-5-13(2,3)12(25)28-11-7-9(14(4,18)26)6-10(8-11)15(27,16(19,20)21)17(22,23)24/h9-11,26-27H,5-8H2,1-4H3. The van der Waals surface area contributed by atoms with Crippen LogP contribution in [0, 0.1) is 17.3 Å². The second-order valence-electron chi connectivity index (χ2n) is 8.15. The van der Waals surface area contributed by atoms with Gasteiger partial charge in [-0.15, -0.1) is 0 Å². The van der Waals surface area contributed by atoms with Crippen LogP contribution in [0.1, 0.15) is 53.4 Å². The lowest BCUT2D eigenvalue weighted by atomic mass is 9.69.